The Labute approximate surface area is 257 Å². The lowest BCUT2D eigenvalue weighted by molar-refractivity contribution is -0.140. The van der Waals surface area contributed by atoms with Crippen LogP contribution in [-0.2, 0) is 32.4 Å². The van der Waals surface area contributed by atoms with Gasteiger partial charge in [0.25, 0.3) is 0 Å². The van der Waals surface area contributed by atoms with E-state index in [1.54, 1.807) is 27.8 Å². The van der Waals surface area contributed by atoms with Crippen LogP contribution < -0.4 is 0 Å². The van der Waals surface area contributed by atoms with Crippen LogP contribution in [0.2, 0.25) is 0 Å². The molecular formula is C32H39FN4O4S2. The van der Waals surface area contributed by atoms with E-state index in [0.717, 1.165) is 59.7 Å². The fraction of sp³-hybridized carbons (Fsp3) is 0.469. The summed E-state index contributed by atoms with van der Waals surface area (Å²) in [6.07, 6.45) is 6.64. The van der Waals surface area contributed by atoms with Crippen molar-refractivity contribution >= 4 is 33.0 Å². The Kier molecular flexibility index (Phi) is 9.93. The summed E-state index contributed by atoms with van der Waals surface area (Å²) in [5.74, 6) is -0.126. The molecule has 1 unspecified atom stereocenters. The number of nitrogens with zero attached hydrogens (tertiary/aromatic N) is 4. The minimum atomic E-state index is -3.38. The summed E-state index contributed by atoms with van der Waals surface area (Å²) in [5.41, 5.74) is 6.26. The molecule has 4 heterocycles. The first-order valence-electron chi connectivity index (χ1n) is 15.0. The lowest BCUT2D eigenvalue weighted by atomic mass is 9.91. The SMILES string of the molecule is CCc1nc2ccc(C3CCN(S(=O)(=O)CCCOC(C)=O)CC3)cn2c1C(C)CCc1nc(-c2ccc(F)cc2)cs1. The predicted octanol–water partition coefficient (Wildman–Crippen LogP) is 6.36. The number of benzene rings is 1. The van der Waals surface area contributed by atoms with Crippen LogP contribution in [0.4, 0.5) is 4.39 Å². The number of pyridine rings is 1. The summed E-state index contributed by atoms with van der Waals surface area (Å²) in [6, 6.07) is 10.7. The molecule has 0 aliphatic carbocycles. The molecule has 43 heavy (non-hydrogen) atoms. The second-order valence-corrected chi connectivity index (χ2v) is 14.3. The number of esters is 1. The smallest absolute Gasteiger partial charge is 0.302 e. The van der Waals surface area contributed by atoms with E-state index in [9.17, 15) is 17.6 Å². The monoisotopic (exact) mass is 626 g/mol. The molecular weight excluding hydrogens is 588 g/mol. The van der Waals surface area contributed by atoms with Gasteiger partial charge in [0, 0.05) is 42.8 Å². The second-order valence-electron chi connectivity index (χ2n) is 11.2. The summed E-state index contributed by atoms with van der Waals surface area (Å²) in [5, 5.41) is 3.09. The number of aromatic nitrogens is 3. The fourth-order valence-corrected chi connectivity index (χ4v) is 8.19. The maximum atomic E-state index is 13.3. The summed E-state index contributed by atoms with van der Waals surface area (Å²) in [7, 11) is -3.38. The van der Waals surface area contributed by atoms with Gasteiger partial charge < -0.3 is 9.14 Å². The van der Waals surface area contributed by atoms with E-state index in [1.165, 1.54) is 30.3 Å². The first-order chi connectivity index (χ1) is 20.6. The molecule has 1 aliphatic rings. The van der Waals surface area contributed by atoms with Gasteiger partial charge in [0.05, 0.1) is 28.8 Å². The highest BCUT2D eigenvalue weighted by Gasteiger charge is 2.29. The summed E-state index contributed by atoms with van der Waals surface area (Å²) in [6.45, 7) is 6.80. The number of halogens is 1. The zero-order valence-corrected chi connectivity index (χ0v) is 26.6. The molecule has 1 saturated heterocycles. The van der Waals surface area contributed by atoms with Crippen molar-refractivity contribution in [3.63, 3.8) is 0 Å². The van der Waals surface area contributed by atoms with Gasteiger partial charge in [-0.1, -0.05) is 19.9 Å². The molecule has 0 saturated carbocycles. The quantitative estimate of drug-likeness (QED) is 0.134. The van der Waals surface area contributed by atoms with E-state index in [1.807, 2.05) is 5.38 Å². The molecule has 0 amide bonds. The molecule has 0 bridgehead atoms. The molecule has 0 N–H and O–H groups in total. The Morgan fingerprint density at radius 2 is 1.88 bits per heavy atom. The fourth-order valence-electron chi connectivity index (χ4n) is 5.86. The van der Waals surface area contributed by atoms with Crippen molar-refractivity contribution in [1.82, 2.24) is 18.7 Å². The molecule has 1 fully saturated rings. The highest BCUT2D eigenvalue weighted by molar-refractivity contribution is 7.89. The molecule has 8 nitrogen and oxygen atoms in total. The van der Waals surface area contributed by atoms with Crippen molar-refractivity contribution in [3.05, 3.63) is 75.8 Å². The maximum Gasteiger partial charge on any atom is 0.302 e. The third kappa shape index (κ3) is 7.50. The van der Waals surface area contributed by atoms with Crippen molar-refractivity contribution in [2.45, 2.75) is 71.1 Å². The molecule has 1 aromatic carbocycles. The average molecular weight is 627 g/mol. The maximum absolute atomic E-state index is 13.3. The van der Waals surface area contributed by atoms with Gasteiger partial charge in [-0.25, -0.2) is 27.1 Å². The topological polar surface area (TPSA) is 93.9 Å². The first kappa shape index (κ1) is 31.3. The Balaban J connectivity index is 1.24. The number of aryl methyl sites for hydroxylation is 2. The lowest BCUT2D eigenvalue weighted by Crippen LogP contribution is -2.39. The largest absolute Gasteiger partial charge is 0.466 e. The highest BCUT2D eigenvalue weighted by atomic mass is 32.2. The van der Waals surface area contributed by atoms with Crippen molar-refractivity contribution in [2.75, 3.05) is 25.4 Å². The van der Waals surface area contributed by atoms with Crippen molar-refractivity contribution in [2.24, 2.45) is 0 Å². The van der Waals surface area contributed by atoms with E-state index in [2.05, 4.69) is 36.6 Å². The van der Waals surface area contributed by atoms with Crippen molar-refractivity contribution in [1.29, 1.82) is 0 Å². The summed E-state index contributed by atoms with van der Waals surface area (Å²) in [4.78, 5) is 20.7. The Morgan fingerprint density at radius 3 is 2.58 bits per heavy atom. The number of hydrogen-bond acceptors (Lipinski definition) is 7. The van der Waals surface area contributed by atoms with Gasteiger partial charge in [-0.3, -0.25) is 4.79 Å². The van der Waals surface area contributed by atoms with E-state index in [4.69, 9.17) is 14.7 Å². The van der Waals surface area contributed by atoms with Gasteiger partial charge in [0.15, 0.2) is 0 Å². The standard InChI is InChI=1S/C32H39FN4O4S2/c1-4-28-32(22(2)6-13-31-35-29(21-42-31)25-7-10-27(33)11-8-25)37-20-26(9-12-30(37)34-28)24-14-16-36(17-15-24)43(39,40)19-5-18-41-23(3)38/h7-12,20-22,24H,4-6,13-19H2,1-3H3. The summed E-state index contributed by atoms with van der Waals surface area (Å²) >= 11 is 1.64. The normalized spacial score (nSPS) is 15.6. The molecule has 1 atom stereocenters. The number of hydrogen-bond donors (Lipinski definition) is 0. The molecule has 5 rings (SSSR count). The van der Waals surface area contributed by atoms with E-state index in [-0.39, 0.29) is 30.0 Å². The zero-order chi connectivity index (χ0) is 30.6. The van der Waals surface area contributed by atoms with Crippen LogP contribution in [0, 0.1) is 5.82 Å². The van der Waals surface area contributed by atoms with Crippen LogP contribution in [0.25, 0.3) is 16.9 Å². The number of imidazole rings is 1. The number of carbonyl (C=O) groups excluding carboxylic acids is 1. The number of sulfonamides is 1. The number of carbonyl (C=O) groups is 1. The van der Waals surface area contributed by atoms with Crippen LogP contribution in [-0.4, -0.2) is 58.5 Å². The van der Waals surface area contributed by atoms with Gasteiger partial charge in [0.1, 0.15) is 11.5 Å². The van der Waals surface area contributed by atoms with Gasteiger partial charge in [-0.15, -0.1) is 11.3 Å². The molecule has 0 radical (unpaired) electrons. The predicted molar refractivity (Wildman–Crippen MR) is 167 cm³/mol. The highest BCUT2D eigenvalue weighted by Crippen LogP contribution is 2.33. The molecule has 3 aromatic heterocycles. The van der Waals surface area contributed by atoms with Gasteiger partial charge in [-0.05, 0) is 86.3 Å². The van der Waals surface area contributed by atoms with Crippen LogP contribution >= 0.6 is 11.3 Å². The van der Waals surface area contributed by atoms with Crippen LogP contribution in [0.5, 0.6) is 0 Å². The van der Waals surface area contributed by atoms with E-state index >= 15 is 0 Å². The second kappa shape index (κ2) is 13.7. The summed E-state index contributed by atoms with van der Waals surface area (Å²) < 4.78 is 47.6. The average Bonchev–Trinajstić information content (AvgIpc) is 3.63. The minimum absolute atomic E-state index is 0.0124. The number of piperidine rings is 1. The third-order valence-corrected chi connectivity index (χ3v) is 11.1. The zero-order valence-electron chi connectivity index (χ0n) is 25.0. The Morgan fingerprint density at radius 1 is 1.14 bits per heavy atom. The van der Waals surface area contributed by atoms with Gasteiger partial charge in [-0.2, -0.15) is 0 Å². The molecule has 230 valence electrons. The minimum Gasteiger partial charge on any atom is -0.466 e. The molecule has 1 aliphatic heterocycles. The first-order valence-corrected chi connectivity index (χ1v) is 17.5. The molecule has 11 heteroatoms. The number of thiazole rings is 1. The van der Waals surface area contributed by atoms with E-state index in [0.29, 0.717) is 19.5 Å². The third-order valence-electron chi connectivity index (χ3n) is 8.21. The van der Waals surface area contributed by atoms with Crippen LogP contribution in [0.3, 0.4) is 0 Å². The van der Waals surface area contributed by atoms with Crippen LogP contribution in [0.15, 0.2) is 48.0 Å². The van der Waals surface area contributed by atoms with Gasteiger partial charge >= 0.3 is 5.97 Å². The lowest BCUT2D eigenvalue weighted by Gasteiger charge is -2.31. The van der Waals surface area contributed by atoms with Crippen molar-refractivity contribution in [3.8, 4) is 11.3 Å². The van der Waals surface area contributed by atoms with Crippen molar-refractivity contribution < 1.29 is 22.3 Å². The Hall–Kier alpha value is -3.15. The van der Waals surface area contributed by atoms with Crippen LogP contribution in [0.1, 0.15) is 80.2 Å². The number of ether oxygens (including phenoxy) is 1. The van der Waals surface area contributed by atoms with Gasteiger partial charge in [0.2, 0.25) is 10.0 Å². The van der Waals surface area contributed by atoms with E-state index < -0.39 is 16.0 Å². The Bertz CT molecular complexity index is 1660. The molecule has 4 aromatic rings. The molecule has 0 spiro atoms. The number of rotatable bonds is 12. The number of fused-ring (bicyclic) bond motifs is 1.